The molecule has 0 aromatic heterocycles. The molecule has 0 N–H and O–H groups in total. The van der Waals surface area contributed by atoms with Crippen LogP contribution in [0, 0.1) is 0 Å². The molecule has 0 aromatic rings. The molecule has 0 spiro atoms. The van der Waals surface area contributed by atoms with Gasteiger partial charge in [-0.1, -0.05) is 270 Å². The lowest BCUT2D eigenvalue weighted by Crippen LogP contribution is -2.44. The molecule has 0 radical (unpaired) electrons. The number of ether oxygens (including phenoxy) is 4. The Labute approximate surface area is 509 Å². The molecule has 0 aliphatic carbocycles. The van der Waals surface area contributed by atoms with E-state index in [0.717, 1.165) is 103 Å². The van der Waals surface area contributed by atoms with Crippen molar-refractivity contribution < 1.29 is 42.9 Å². The van der Waals surface area contributed by atoms with Crippen LogP contribution in [0.15, 0.2) is 134 Å². The first-order valence-electron chi connectivity index (χ1n) is 33.3. The van der Waals surface area contributed by atoms with Crippen molar-refractivity contribution in [3.8, 4) is 0 Å². The molecule has 83 heavy (non-hydrogen) atoms. The molecule has 472 valence electrons. The van der Waals surface area contributed by atoms with Gasteiger partial charge in [0.25, 0.3) is 0 Å². The zero-order chi connectivity index (χ0) is 60.5. The van der Waals surface area contributed by atoms with Crippen LogP contribution >= 0.6 is 0 Å². The Kier molecular flexibility index (Phi) is 60.0. The van der Waals surface area contributed by atoms with Gasteiger partial charge in [0.2, 0.25) is 0 Å². The molecule has 0 heterocycles. The number of carboxylic acids is 1. The van der Waals surface area contributed by atoms with Crippen molar-refractivity contribution in [1.29, 1.82) is 0 Å². The van der Waals surface area contributed by atoms with Crippen molar-refractivity contribution in [2.75, 3.05) is 47.5 Å². The lowest BCUT2D eigenvalue weighted by atomic mass is 10.0. The molecular weight excluding hydrogens is 1030 g/mol. The summed E-state index contributed by atoms with van der Waals surface area (Å²) in [5.41, 5.74) is 0. The molecule has 0 saturated carbocycles. The van der Waals surface area contributed by atoms with Crippen molar-refractivity contribution >= 4 is 17.9 Å². The first-order chi connectivity index (χ1) is 40.6. The van der Waals surface area contributed by atoms with Crippen molar-refractivity contribution in [2.45, 2.75) is 270 Å². The van der Waals surface area contributed by atoms with Crippen molar-refractivity contribution in [3.63, 3.8) is 0 Å². The Hall–Kier alpha value is -4.57. The van der Waals surface area contributed by atoms with Gasteiger partial charge in [0, 0.05) is 12.8 Å². The van der Waals surface area contributed by atoms with E-state index in [1.165, 1.54) is 122 Å². The summed E-state index contributed by atoms with van der Waals surface area (Å²) < 4.78 is 22.7. The van der Waals surface area contributed by atoms with E-state index in [9.17, 15) is 19.5 Å². The fraction of sp³-hybridized carbons (Fsp3) is 0.662. The van der Waals surface area contributed by atoms with E-state index in [2.05, 4.69) is 148 Å². The smallest absolute Gasteiger partial charge is 0.306 e. The van der Waals surface area contributed by atoms with Gasteiger partial charge in [-0.15, -0.1) is 0 Å². The Morgan fingerprint density at radius 2 is 0.651 bits per heavy atom. The predicted octanol–water partition coefficient (Wildman–Crippen LogP) is 19.2. The molecule has 0 rings (SSSR count). The third kappa shape index (κ3) is 64.8. The molecule has 0 amide bonds. The van der Waals surface area contributed by atoms with Crippen LogP contribution in [0.3, 0.4) is 0 Å². The molecule has 0 bridgehead atoms. The molecule has 0 aliphatic rings. The molecule has 9 heteroatoms. The predicted molar refractivity (Wildman–Crippen MR) is 352 cm³/mol. The van der Waals surface area contributed by atoms with E-state index in [4.69, 9.17) is 18.9 Å². The molecule has 9 nitrogen and oxygen atoms in total. The summed E-state index contributed by atoms with van der Waals surface area (Å²) in [6.45, 7) is 4.47. The van der Waals surface area contributed by atoms with Crippen LogP contribution in [0.1, 0.15) is 258 Å². The fourth-order valence-electron chi connectivity index (χ4n) is 8.86. The lowest BCUT2D eigenvalue weighted by Gasteiger charge is -2.26. The number of esters is 2. The number of likely N-dealkylation sites (N-methyl/N-ethyl adjacent to an activating group) is 1. The van der Waals surface area contributed by atoms with Gasteiger partial charge in [-0.2, -0.15) is 0 Å². The molecule has 0 aromatic carbocycles. The average molecular weight is 1150 g/mol. The number of hydrogen-bond acceptors (Lipinski definition) is 8. The Bertz CT molecular complexity index is 1820. The van der Waals surface area contributed by atoms with Crippen molar-refractivity contribution in [2.24, 2.45) is 0 Å². The zero-order valence-electron chi connectivity index (χ0n) is 53.8. The number of unbranched alkanes of at least 4 members (excludes halogenated alkanes) is 23. The summed E-state index contributed by atoms with van der Waals surface area (Å²) in [6, 6.07) is 0. The quantitative estimate of drug-likeness (QED) is 0.0195. The minimum absolute atomic E-state index is 0.134. The fourth-order valence-corrected chi connectivity index (χ4v) is 8.86. The summed E-state index contributed by atoms with van der Waals surface area (Å²) in [5.74, 6) is -2.35. The number of nitrogens with zero attached hydrogens (tertiary/aromatic N) is 1. The van der Waals surface area contributed by atoms with Gasteiger partial charge in [-0.3, -0.25) is 9.59 Å². The van der Waals surface area contributed by atoms with E-state index >= 15 is 0 Å². The van der Waals surface area contributed by atoms with Gasteiger partial charge in [-0.05, 0) is 109 Å². The van der Waals surface area contributed by atoms with Gasteiger partial charge < -0.3 is 33.3 Å². The first-order valence-corrected chi connectivity index (χ1v) is 33.3. The largest absolute Gasteiger partial charge is 0.545 e. The summed E-state index contributed by atoms with van der Waals surface area (Å²) in [5, 5.41) is 11.8. The highest BCUT2D eigenvalue weighted by molar-refractivity contribution is 5.70. The molecule has 0 saturated heterocycles. The molecule has 2 atom stereocenters. The number of allylic oxidation sites excluding steroid dienone is 22. The van der Waals surface area contributed by atoms with E-state index in [1.807, 2.05) is 21.1 Å². The van der Waals surface area contributed by atoms with Crippen LogP contribution in [0.2, 0.25) is 0 Å². The maximum atomic E-state index is 12.9. The summed E-state index contributed by atoms with van der Waals surface area (Å²) in [7, 11) is 5.91. The number of carbonyl (C=O) groups excluding carboxylic acids is 3. The monoisotopic (exact) mass is 1150 g/mol. The standard InChI is InChI=1S/C74H123NO8/c1-6-8-10-12-14-16-18-20-22-24-26-28-29-30-31-32-33-34-35-36-37-38-39-40-41-42-43-45-46-48-50-52-54-56-58-60-62-64-71(76)81-68-70(69-82-74(73(78)79)80-67-66-75(3,4)5)83-72(77)65-63-61-59-57-55-53-51-49-47-44-27-25-23-21-19-17-15-13-11-9-7-2/h8-11,14-17,20-23,26-28,30-31,44,49,51,55,57,70,74H,6-7,12-13,18-19,24-25,29,32-43,45-48,50,52-54,56,58-69H2,1-5H3/b10-8-,11-9-,16-14-,17-15-,22-20-,23-21-,28-26-,31-30-,44-27-,51-49-,57-55-. The second kappa shape index (κ2) is 63.5. The van der Waals surface area contributed by atoms with Gasteiger partial charge in [-0.25, -0.2) is 0 Å². The number of quaternary nitrogens is 1. The second-order valence-electron chi connectivity index (χ2n) is 23.0. The minimum Gasteiger partial charge on any atom is -0.545 e. The minimum atomic E-state index is -1.64. The number of rotatable bonds is 60. The highest BCUT2D eigenvalue weighted by atomic mass is 16.7. The molecule has 2 unspecified atom stereocenters. The molecule has 0 aliphatic heterocycles. The van der Waals surface area contributed by atoms with Crippen LogP contribution in [0.4, 0.5) is 0 Å². The van der Waals surface area contributed by atoms with Crippen molar-refractivity contribution in [1.82, 2.24) is 0 Å². The van der Waals surface area contributed by atoms with Crippen LogP contribution in [0.25, 0.3) is 0 Å². The summed E-state index contributed by atoms with van der Waals surface area (Å²) in [4.78, 5) is 37.4. The first kappa shape index (κ1) is 78.4. The van der Waals surface area contributed by atoms with E-state index in [1.54, 1.807) is 0 Å². The van der Waals surface area contributed by atoms with Gasteiger partial charge in [0.15, 0.2) is 12.4 Å². The summed E-state index contributed by atoms with van der Waals surface area (Å²) >= 11 is 0. The van der Waals surface area contributed by atoms with Crippen LogP contribution in [0.5, 0.6) is 0 Å². The number of aliphatic carboxylic acids is 1. The second-order valence-corrected chi connectivity index (χ2v) is 23.0. The maximum Gasteiger partial charge on any atom is 0.306 e. The third-order valence-electron chi connectivity index (χ3n) is 13.9. The summed E-state index contributed by atoms with van der Waals surface area (Å²) in [6.07, 6.45) is 88.3. The lowest BCUT2D eigenvalue weighted by molar-refractivity contribution is -0.870. The highest BCUT2D eigenvalue weighted by Gasteiger charge is 2.22. The SMILES string of the molecule is CC/C=C\C/C=C\C/C=C\C/C=C\C/C=C\C/C=C\CCCCC(=O)OC(COC(=O)CCCCCCCCCCCCCCCCCCCCCCC/C=C\C/C=C\C/C=C\C/C=C\C/C=C\CC)COC(OCC[N+](C)(C)C)C(=O)[O-]. The van der Waals surface area contributed by atoms with E-state index in [0.29, 0.717) is 17.4 Å². The van der Waals surface area contributed by atoms with Gasteiger partial charge >= 0.3 is 11.9 Å². The Morgan fingerprint density at radius 3 is 0.988 bits per heavy atom. The highest BCUT2D eigenvalue weighted by Crippen LogP contribution is 2.17. The number of hydrogen-bond donors (Lipinski definition) is 0. The topological polar surface area (TPSA) is 111 Å². The maximum absolute atomic E-state index is 12.9. The number of carbonyl (C=O) groups is 3. The number of carboxylic acid groups (broad SMARTS) is 1. The Balaban J connectivity index is 4.11. The van der Waals surface area contributed by atoms with Gasteiger partial charge in [0.1, 0.15) is 13.2 Å². The van der Waals surface area contributed by atoms with Gasteiger partial charge in [0.05, 0.1) is 40.3 Å². The Morgan fingerprint density at radius 1 is 0.361 bits per heavy atom. The van der Waals surface area contributed by atoms with Crippen LogP contribution in [-0.2, 0) is 33.3 Å². The normalized spacial score (nSPS) is 13.6. The van der Waals surface area contributed by atoms with E-state index in [-0.39, 0.29) is 38.6 Å². The van der Waals surface area contributed by atoms with Crippen LogP contribution in [-0.4, -0.2) is 82.3 Å². The zero-order valence-corrected chi connectivity index (χ0v) is 53.8. The third-order valence-corrected chi connectivity index (χ3v) is 13.9. The molecular formula is C74H123NO8. The average Bonchev–Trinajstić information content (AvgIpc) is 3.46. The van der Waals surface area contributed by atoms with Crippen LogP contribution < -0.4 is 5.11 Å². The molecule has 0 fully saturated rings. The van der Waals surface area contributed by atoms with Crippen molar-refractivity contribution in [3.05, 3.63) is 134 Å². The van der Waals surface area contributed by atoms with E-state index < -0.39 is 24.3 Å².